The summed E-state index contributed by atoms with van der Waals surface area (Å²) in [5.74, 6) is 4.86. The second-order valence-electron chi connectivity index (χ2n) is 2.18. The van der Waals surface area contributed by atoms with Crippen molar-refractivity contribution in [3.8, 4) is 11.8 Å². The number of nitrogens with two attached hydrogens (primary N) is 1. The van der Waals surface area contributed by atoms with E-state index in [9.17, 15) is 4.39 Å². The molecule has 0 aliphatic rings. The van der Waals surface area contributed by atoms with Crippen LogP contribution < -0.4 is 5.73 Å². The van der Waals surface area contributed by atoms with Crippen molar-refractivity contribution in [2.45, 2.75) is 6.42 Å². The molecule has 3 heteroatoms. The van der Waals surface area contributed by atoms with Gasteiger partial charge in [0.05, 0.1) is 5.56 Å². The van der Waals surface area contributed by atoms with Crippen LogP contribution in [0.2, 0.25) is 0 Å². The van der Waals surface area contributed by atoms with Gasteiger partial charge < -0.3 is 5.73 Å². The molecule has 62 valence electrons. The van der Waals surface area contributed by atoms with E-state index in [-0.39, 0.29) is 0 Å². The molecule has 1 aromatic heterocycles. The fourth-order valence-electron chi connectivity index (χ4n) is 0.709. The lowest BCUT2D eigenvalue weighted by Gasteiger charge is -1.89. The van der Waals surface area contributed by atoms with Gasteiger partial charge >= 0.3 is 0 Å². The van der Waals surface area contributed by atoms with Gasteiger partial charge in [-0.25, -0.2) is 4.98 Å². The van der Waals surface area contributed by atoms with E-state index in [2.05, 4.69) is 16.8 Å². The summed E-state index contributed by atoms with van der Waals surface area (Å²) in [5, 5.41) is 0. The fourth-order valence-corrected chi connectivity index (χ4v) is 0.709. The smallest absolute Gasteiger partial charge is 0.228 e. The molecule has 0 radical (unpaired) electrons. The molecule has 0 fully saturated rings. The molecule has 0 atom stereocenters. The average molecular weight is 164 g/mol. The van der Waals surface area contributed by atoms with Gasteiger partial charge in [-0.05, 0) is 12.1 Å². The molecule has 0 unspecified atom stereocenters. The highest BCUT2D eigenvalue weighted by Gasteiger charge is 1.95. The molecule has 0 aliphatic heterocycles. The van der Waals surface area contributed by atoms with Crippen LogP contribution in [0.15, 0.2) is 18.3 Å². The number of pyridine rings is 1. The van der Waals surface area contributed by atoms with Gasteiger partial charge in [-0.3, -0.25) is 0 Å². The largest absolute Gasteiger partial charge is 0.330 e. The Morgan fingerprint density at radius 3 is 3.08 bits per heavy atom. The lowest BCUT2D eigenvalue weighted by molar-refractivity contribution is 0.580. The highest BCUT2D eigenvalue weighted by molar-refractivity contribution is 5.32. The van der Waals surface area contributed by atoms with Crippen molar-refractivity contribution in [3.63, 3.8) is 0 Å². The number of hydrogen-bond donors (Lipinski definition) is 1. The maximum atomic E-state index is 12.8. The summed E-state index contributed by atoms with van der Waals surface area (Å²) in [7, 11) is 0. The summed E-state index contributed by atoms with van der Waals surface area (Å²) in [6.45, 7) is 0.495. The number of nitrogens with zero attached hydrogens (tertiary/aromatic N) is 1. The van der Waals surface area contributed by atoms with Crippen molar-refractivity contribution in [2.75, 3.05) is 6.54 Å². The van der Waals surface area contributed by atoms with Gasteiger partial charge in [0.2, 0.25) is 5.95 Å². The third kappa shape index (κ3) is 2.33. The van der Waals surface area contributed by atoms with E-state index < -0.39 is 5.95 Å². The highest BCUT2D eigenvalue weighted by atomic mass is 19.1. The molecule has 1 rings (SSSR count). The Bertz CT molecular complexity index is 312. The van der Waals surface area contributed by atoms with Crippen molar-refractivity contribution in [1.82, 2.24) is 4.98 Å². The summed E-state index contributed by atoms with van der Waals surface area (Å²) in [4.78, 5) is 3.46. The summed E-state index contributed by atoms with van der Waals surface area (Å²) in [6, 6.07) is 3.24. The Kier molecular flexibility index (Phi) is 3.24. The van der Waals surface area contributed by atoms with E-state index in [0.29, 0.717) is 18.5 Å². The van der Waals surface area contributed by atoms with Gasteiger partial charge in [0, 0.05) is 19.2 Å². The molecule has 0 saturated carbocycles. The molecular weight excluding hydrogens is 155 g/mol. The van der Waals surface area contributed by atoms with Gasteiger partial charge in [0.15, 0.2) is 0 Å². The van der Waals surface area contributed by atoms with E-state index in [1.165, 1.54) is 6.20 Å². The Balaban J connectivity index is 2.77. The number of halogens is 1. The predicted molar refractivity (Wildman–Crippen MR) is 44.7 cm³/mol. The summed E-state index contributed by atoms with van der Waals surface area (Å²) < 4.78 is 12.8. The number of hydrogen-bond acceptors (Lipinski definition) is 2. The SMILES string of the molecule is NCCC#Cc1cccnc1F. The van der Waals surface area contributed by atoms with Crippen LogP contribution in [-0.4, -0.2) is 11.5 Å². The van der Waals surface area contributed by atoms with Crippen LogP contribution in [-0.2, 0) is 0 Å². The van der Waals surface area contributed by atoms with Gasteiger partial charge in [-0.15, -0.1) is 0 Å². The topological polar surface area (TPSA) is 38.9 Å². The first-order chi connectivity index (χ1) is 5.84. The molecule has 0 amide bonds. The van der Waals surface area contributed by atoms with Crippen LogP contribution in [0, 0.1) is 17.8 Å². The van der Waals surface area contributed by atoms with E-state index in [0.717, 1.165) is 0 Å². The van der Waals surface area contributed by atoms with Crippen LogP contribution in [0.25, 0.3) is 0 Å². The quantitative estimate of drug-likeness (QED) is 0.495. The maximum absolute atomic E-state index is 12.8. The van der Waals surface area contributed by atoms with Gasteiger partial charge in [-0.2, -0.15) is 4.39 Å². The summed E-state index contributed by atoms with van der Waals surface area (Å²) >= 11 is 0. The molecule has 0 aliphatic carbocycles. The monoisotopic (exact) mass is 164 g/mol. The normalized spacial score (nSPS) is 8.83. The highest BCUT2D eigenvalue weighted by Crippen LogP contribution is 1.99. The van der Waals surface area contributed by atoms with E-state index in [4.69, 9.17) is 5.73 Å². The van der Waals surface area contributed by atoms with Crippen molar-refractivity contribution < 1.29 is 4.39 Å². The Morgan fingerprint density at radius 1 is 1.58 bits per heavy atom. The van der Waals surface area contributed by atoms with Crippen molar-refractivity contribution in [1.29, 1.82) is 0 Å². The Hall–Kier alpha value is -1.40. The Morgan fingerprint density at radius 2 is 2.42 bits per heavy atom. The number of aromatic nitrogens is 1. The molecule has 0 spiro atoms. The van der Waals surface area contributed by atoms with Crippen LogP contribution in [0.1, 0.15) is 12.0 Å². The first-order valence-electron chi connectivity index (χ1n) is 3.64. The maximum Gasteiger partial charge on any atom is 0.228 e. The average Bonchev–Trinajstić information content (AvgIpc) is 2.09. The molecule has 0 saturated heterocycles. The van der Waals surface area contributed by atoms with Crippen LogP contribution >= 0.6 is 0 Å². The summed E-state index contributed by atoms with van der Waals surface area (Å²) in [5.41, 5.74) is 5.54. The van der Waals surface area contributed by atoms with Crippen molar-refractivity contribution in [3.05, 3.63) is 29.8 Å². The standard InChI is InChI=1S/C9H9FN2/c10-9-8(4-1-2-6-11)5-3-7-12-9/h3,5,7H,2,6,11H2. The lowest BCUT2D eigenvalue weighted by Crippen LogP contribution is -1.95. The zero-order valence-electron chi connectivity index (χ0n) is 6.55. The van der Waals surface area contributed by atoms with Crippen molar-refractivity contribution in [2.24, 2.45) is 5.73 Å². The number of rotatable bonds is 1. The second-order valence-corrected chi connectivity index (χ2v) is 2.18. The Labute approximate surface area is 70.6 Å². The van der Waals surface area contributed by atoms with E-state index >= 15 is 0 Å². The minimum absolute atomic E-state index is 0.325. The first kappa shape index (κ1) is 8.69. The molecular formula is C9H9FN2. The fraction of sp³-hybridized carbons (Fsp3) is 0.222. The third-order valence-electron chi connectivity index (χ3n) is 1.25. The molecule has 0 bridgehead atoms. The molecule has 1 aromatic rings. The first-order valence-corrected chi connectivity index (χ1v) is 3.64. The second kappa shape index (κ2) is 4.47. The molecule has 2 N–H and O–H groups in total. The van der Waals surface area contributed by atoms with E-state index in [1.807, 2.05) is 0 Å². The predicted octanol–water partition coefficient (Wildman–Crippen LogP) is 0.921. The van der Waals surface area contributed by atoms with E-state index in [1.54, 1.807) is 12.1 Å². The minimum atomic E-state index is -0.526. The zero-order chi connectivity index (χ0) is 8.81. The van der Waals surface area contributed by atoms with Crippen LogP contribution in [0.3, 0.4) is 0 Å². The molecule has 0 aromatic carbocycles. The van der Waals surface area contributed by atoms with Gasteiger partial charge in [0.25, 0.3) is 0 Å². The third-order valence-corrected chi connectivity index (χ3v) is 1.25. The minimum Gasteiger partial charge on any atom is -0.330 e. The lowest BCUT2D eigenvalue weighted by atomic mass is 10.3. The van der Waals surface area contributed by atoms with Gasteiger partial charge in [-0.1, -0.05) is 11.8 Å². The molecule has 1 heterocycles. The zero-order valence-corrected chi connectivity index (χ0v) is 6.55. The molecule has 12 heavy (non-hydrogen) atoms. The summed E-state index contributed by atoms with van der Waals surface area (Å²) in [6.07, 6.45) is 1.97. The molecule has 2 nitrogen and oxygen atoms in total. The van der Waals surface area contributed by atoms with Crippen LogP contribution in [0.4, 0.5) is 4.39 Å². The van der Waals surface area contributed by atoms with Crippen LogP contribution in [0.5, 0.6) is 0 Å². The van der Waals surface area contributed by atoms with Crippen molar-refractivity contribution >= 4 is 0 Å². The van der Waals surface area contributed by atoms with Gasteiger partial charge in [0.1, 0.15) is 0 Å².